The lowest BCUT2D eigenvalue weighted by atomic mass is 10.1. The Bertz CT molecular complexity index is 1020. The van der Waals surface area contributed by atoms with Crippen molar-refractivity contribution in [3.8, 4) is 5.75 Å². The maximum absolute atomic E-state index is 13.0. The van der Waals surface area contributed by atoms with Crippen molar-refractivity contribution in [3.63, 3.8) is 0 Å². The molecule has 0 saturated heterocycles. The minimum atomic E-state index is -0.149. The van der Waals surface area contributed by atoms with Crippen LogP contribution in [0.3, 0.4) is 0 Å². The number of nitrogens with one attached hydrogen (secondary N) is 1. The van der Waals surface area contributed by atoms with E-state index in [2.05, 4.69) is 21.6 Å². The van der Waals surface area contributed by atoms with Gasteiger partial charge in [-0.3, -0.25) is 4.79 Å². The molecule has 3 aromatic rings. The van der Waals surface area contributed by atoms with E-state index < -0.39 is 0 Å². The van der Waals surface area contributed by atoms with Crippen molar-refractivity contribution < 1.29 is 9.53 Å². The zero-order valence-corrected chi connectivity index (χ0v) is 16.3. The maximum atomic E-state index is 13.0. The second kappa shape index (κ2) is 7.48. The summed E-state index contributed by atoms with van der Waals surface area (Å²) in [4.78, 5) is 14.8. The van der Waals surface area contributed by atoms with Gasteiger partial charge in [0.2, 0.25) is 0 Å². The van der Waals surface area contributed by atoms with Crippen molar-refractivity contribution in [1.82, 2.24) is 10.2 Å². The number of anilines is 3. The summed E-state index contributed by atoms with van der Waals surface area (Å²) in [6.07, 6.45) is 0.840. The summed E-state index contributed by atoms with van der Waals surface area (Å²) in [5, 5.41) is 11.9. The smallest absolute Gasteiger partial charge is 0.279 e. The molecule has 0 saturated carbocycles. The van der Waals surface area contributed by atoms with Gasteiger partial charge in [-0.25, -0.2) is 0 Å². The molecule has 142 valence electrons. The number of rotatable bonds is 4. The van der Waals surface area contributed by atoms with Crippen LogP contribution in [0.1, 0.15) is 23.0 Å². The van der Waals surface area contributed by atoms with Crippen molar-refractivity contribution in [2.24, 2.45) is 0 Å². The summed E-state index contributed by atoms with van der Waals surface area (Å²) in [6, 6.07) is 16.8. The SMILES string of the molecule is COc1ccc(Nc2ccc(C(=O)N3c4ccccc4CC3C)nn2)cc1Cl. The normalized spacial score (nSPS) is 15.2. The first kappa shape index (κ1) is 18.3. The molecule has 2 heterocycles. The van der Waals surface area contributed by atoms with Gasteiger partial charge in [0.05, 0.1) is 12.1 Å². The van der Waals surface area contributed by atoms with Crippen LogP contribution in [0.15, 0.2) is 54.6 Å². The van der Waals surface area contributed by atoms with Gasteiger partial charge in [0, 0.05) is 17.4 Å². The molecule has 1 N–H and O–H groups in total. The standard InChI is InChI=1S/C21H19ClN4O2/c1-13-11-14-5-3-4-6-18(14)26(13)21(27)17-8-10-20(25-24-17)23-15-7-9-19(28-2)16(22)12-15/h3-10,12-13H,11H2,1-2H3,(H,23,25). The van der Waals surface area contributed by atoms with E-state index in [4.69, 9.17) is 16.3 Å². The van der Waals surface area contributed by atoms with E-state index in [1.165, 1.54) is 5.56 Å². The summed E-state index contributed by atoms with van der Waals surface area (Å²) in [5.41, 5.74) is 3.17. The molecule has 7 heteroatoms. The number of fused-ring (bicyclic) bond motifs is 1. The molecule has 28 heavy (non-hydrogen) atoms. The molecule has 1 aliphatic rings. The lowest BCUT2D eigenvalue weighted by Crippen LogP contribution is -2.36. The Kier molecular flexibility index (Phi) is 4.88. The molecule has 1 atom stereocenters. The lowest BCUT2D eigenvalue weighted by Gasteiger charge is -2.22. The Morgan fingerprint density at radius 2 is 2.00 bits per heavy atom. The van der Waals surface area contributed by atoms with E-state index in [9.17, 15) is 4.79 Å². The van der Waals surface area contributed by atoms with Crippen LogP contribution in [0.25, 0.3) is 0 Å². The molecule has 6 nitrogen and oxygen atoms in total. The van der Waals surface area contributed by atoms with E-state index >= 15 is 0 Å². The molecule has 0 fully saturated rings. The number of aromatic nitrogens is 2. The second-order valence-electron chi connectivity index (χ2n) is 6.64. The molecule has 1 amide bonds. The third kappa shape index (κ3) is 3.39. The van der Waals surface area contributed by atoms with Crippen molar-refractivity contribution in [2.45, 2.75) is 19.4 Å². The van der Waals surface area contributed by atoms with E-state index in [0.29, 0.717) is 22.3 Å². The highest BCUT2D eigenvalue weighted by atomic mass is 35.5. The number of ether oxygens (including phenoxy) is 1. The van der Waals surface area contributed by atoms with E-state index in [-0.39, 0.29) is 11.9 Å². The highest BCUT2D eigenvalue weighted by molar-refractivity contribution is 6.32. The first-order valence-corrected chi connectivity index (χ1v) is 9.30. The maximum Gasteiger partial charge on any atom is 0.279 e. The van der Waals surface area contributed by atoms with Crippen LogP contribution in [-0.4, -0.2) is 29.3 Å². The first-order chi connectivity index (χ1) is 13.6. The summed E-state index contributed by atoms with van der Waals surface area (Å²) >= 11 is 6.14. The number of nitrogens with zero attached hydrogens (tertiary/aromatic N) is 3. The van der Waals surface area contributed by atoms with Gasteiger partial charge in [0.15, 0.2) is 11.5 Å². The summed E-state index contributed by atoms with van der Waals surface area (Å²) in [6.45, 7) is 2.04. The Morgan fingerprint density at radius 1 is 1.18 bits per heavy atom. The Hall–Kier alpha value is -3.12. The molecule has 2 aromatic carbocycles. The van der Waals surface area contributed by atoms with E-state index in [1.807, 2.05) is 31.2 Å². The number of methoxy groups -OCH3 is 1. The summed E-state index contributed by atoms with van der Waals surface area (Å²) < 4.78 is 5.14. The number of benzene rings is 2. The van der Waals surface area contributed by atoms with Gasteiger partial charge < -0.3 is 15.0 Å². The topological polar surface area (TPSA) is 67.3 Å². The Morgan fingerprint density at radius 3 is 2.71 bits per heavy atom. The fourth-order valence-electron chi connectivity index (χ4n) is 3.40. The fourth-order valence-corrected chi connectivity index (χ4v) is 3.66. The highest BCUT2D eigenvalue weighted by Gasteiger charge is 2.31. The molecule has 4 rings (SSSR count). The molecule has 0 bridgehead atoms. The predicted molar refractivity (Wildman–Crippen MR) is 110 cm³/mol. The average molecular weight is 395 g/mol. The van der Waals surface area contributed by atoms with Crippen LogP contribution in [0, 0.1) is 0 Å². The summed E-state index contributed by atoms with van der Waals surface area (Å²) in [5.74, 6) is 0.968. The van der Waals surface area contributed by atoms with Crippen molar-refractivity contribution in [3.05, 3.63) is 70.9 Å². The molecule has 0 radical (unpaired) electrons. The zero-order valence-electron chi connectivity index (χ0n) is 15.5. The van der Waals surface area contributed by atoms with Gasteiger partial charge in [-0.2, -0.15) is 0 Å². The third-order valence-corrected chi connectivity index (χ3v) is 5.03. The van der Waals surface area contributed by atoms with Crippen LogP contribution in [0.5, 0.6) is 5.75 Å². The van der Waals surface area contributed by atoms with Gasteiger partial charge in [-0.05, 0) is 55.3 Å². The minimum Gasteiger partial charge on any atom is -0.495 e. The fraction of sp³-hybridized carbons (Fsp3) is 0.190. The van der Waals surface area contributed by atoms with Gasteiger partial charge in [0.1, 0.15) is 5.75 Å². The van der Waals surface area contributed by atoms with Crippen LogP contribution in [0.2, 0.25) is 5.02 Å². The van der Waals surface area contributed by atoms with Crippen LogP contribution in [0.4, 0.5) is 17.2 Å². The van der Waals surface area contributed by atoms with Crippen LogP contribution < -0.4 is 15.0 Å². The van der Waals surface area contributed by atoms with Gasteiger partial charge in [-0.15, -0.1) is 10.2 Å². The number of hydrogen-bond donors (Lipinski definition) is 1. The van der Waals surface area contributed by atoms with Gasteiger partial charge in [0.25, 0.3) is 5.91 Å². The number of hydrogen-bond acceptors (Lipinski definition) is 5. The van der Waals surface area contributed by atoms with Crippen LogP contribution in [-0.2, 0) is 6.42 Å². The zero-order chi connectivity index (χ0) is 19.7. The largest absolute Gasteiger partial charge is 0.495 e. The molecule has 1 aromatic heterocycles. The molecule has 0 aliphatic carbocycles. The van der Waals surface area contributed by atoms with Crippen LogP contribution >= 0.6 is 11.6 Å². The molecule has 0 spiro atoms. The minimum absolute atomic E-state index is 0.0888. The second-order valence-corrected chi connectivity index (χ2v) is 7.04. The molecular formula is C21H19ClN4O2. The first-order valence-electron chi connectivity index (χ1n) is 8.92. The molecular weight excluding hydrogens is 376 g/mol. The molecule has 1 aliphatic heterocycles. The number of para-hydroxylation sites is 1. The number of carbonyl (C=O) groups is 1. The Labute approximate surface area is 168 Å². The quantitative estimate of drug-likeness (QED) is 0.707. The number of carbonyl (C=O) groups excluding carboxylic acids is 1. The Balaban J connectivity index is 1.52. The number of amides is 1. The van der Waals surface area contributed by atoms with Crippen molar-refractivity contribution in [2.75, 3.05) is 17.3 Å². The average Bonchev–Trinajstić information content (AvgIpc) is 3.04. The highest BCUT2D eigenvalue weighted by Crippen LogP contribution is 2.33. The van der Waals surface area contributed by atoms with E-state index in [0.717, 1.165) is 17.8 Å². The number of halogens is 1. The van der Waals surface area contributed by atoms with E-state index in [1.54, 1.807) is 36.3 Å². The third-order valence-electron chi connectivity index (χ3n) is 4.73. The molecule has 1 unspecified atom stereocenters. The van der Waals surface area contributed by atoms with Gasteiger partial charge in [-0.1, -0.05) is 29.8 Å². The predicted octanol–water partition coefficient (Wildman–Crippen LogP) is 4.47. The monoisotopic (exact) mass is 394 g/mol. The van der Waals surface area contributed by atoms with Crippen molar-refractivity contribution in [1.29, 1.82) is 0 Å². The summed E-state index contributed by atoms with van der Waals surface area (Å²) in [7, 11) is 1.56. The van der Waals surface area contributed by atoms with Gasteiger partial charge >= 0.3 is 0 Å². The lowest BCUT2D eigenvalue weighted by molar-refractivity contribution is 0.0975. The van der Waals surface area contributed by atoms with Crippen molar-refractivity contribution >= 4 is 34.7 Å².